The molecule has 0 heterocycles. The predicted octanol–water partition coefficient (Wildman–Crippen LogP) is 1.90. The molecule has 0 saturated carbocycles. The first-order chi connectivity index (χ1) is 8.79. The minimum absolute atomic E-state index is 0.0950. The molecule has 92 valence electrons. The van der Waals surface area contributed by atoms with Crippen LogP contribution in [-0.2, 0) is 6.54 Å². The van der Waals surface area contributed by atoms with E-state index in [2.05, 4.69) is 10.7 Å². The van der Waals surface area contributed by atoms with Crippen molar-refractivity contribution in [3.63, 3.8) is 0 Å². The monoisotopic (exact) mass is 241 g/mol. The molecule has 4 N–H and O–H groups in total. The van der Waals surface area contributed by atoms with Crippen LogP contribution < -0.4 is 16.6 Å². The molecule has 1 amide bonds. The molecule has 0 aromatic heterocycles. The summed E-state index contributed by atoms with van der Waals surface area (Å²) in [5.74, 6) is 5.17. The summed E-state index contributed by atoms with van der Waals surface area (Å²) in [6.07, 6.45) is 0. The fourth-order valence-corrected chi connectivity index (χ4v) is 1.60. The van der Waals surface area contributed by atoms with Crippen molar-refractivity contribution in [3.05, 3.63) is 65.7 Å². The van der Waals surface area contributed by atoms with Crippen LogP contribution in [-0.4, -0.2) is 5.91 Å². The van der Waals surface area contributed by atoms with Gasteiger partial charge in [0.25, 0.3) is 5.91 Å². The highest BCUT2D eigenvalue weighted by atomic mass is 16.1. The van der Waals surface area contributed by atoms with E-state index in [4.69, 9.17) is 5.84 Å². The molecule has 2 rings (SSSR count). The van der Waals surface area contributed by atoms with Crippen molar-refractivity contribution in [3.8, 4) is 0 Å². The summed E-state index contributed by atoms with van der Waals surface area (Å²) >= 11 is 0. The minimum Gasteiger partial charge on any atom is -0.348 e. The summed E-state index contributed by atoms with van der Waals surface area (Å²) in [7, 11) is 0. The number of hydrazine groups is 1. The van der Waals surface area contributed by atoms with Crippen LogP contribution >= 0.6 is 0 Å². The third-order valence-electron chi connectivity index (χ3n) is 2.61. The Morgan fingerprint density at radius 2 is 1.67 bits per heavy atom. The molecule has 2 aromatic rings. The molecule has 4 heteroatoms. The SMILES string of the molecule is NNc1ccc(C(=O)NCc2ccccc2)cc1. The quantitative estimate of drug-likeness (QED) is 0.565. The fraction of sp³-hybridized carbons (Fsp3) is 0.0714. The molecule has 0 aliphatic rings. The molecule has 2 aromatic carbocycles. The van der Waals surface area contributed by atoms with Crippen LogP contribution in [0.15, 0.2) is 54.6 Å². The van der Waals surface area contributed by atoms with E-state index in [9.17, 15) is 4.79 Å². The van der Waals surface area contributed by atoms with Crippen LogP contribution in [0.3, 0.4) is 0 Å². The predicted molar refractivity (Wildman–Crippen MR) is 71.9 cm³/mol. The van der Waals surface area contributed by atoms with Gasteiger partial charge in [-0.3, -0.25) is 10.6 Å². The van der Waals surface area contributed by atoms with E-state index in [1.807, 2.05) is 30.3 Å². The number of hydrogen-bond donors (Lipinski definition) is 3. The van der Waals surface area contributed by atoms with Crippen molar-refractivity contribution >= 4 is 11.6 Å². The summed E-state index contributed by atoms with van der Waals surface area (Å²) in [5.41, 5.74) is 4.98. The van der Waals surface area contributed by atoms with Gasteiger partial charge in [-0.05, 0) is 29.8 Å². The van der Waals surface area contributed by atoms with Gasteiger partial charge in [0.15, 0.2) is 0 Å². The Balaban J connectivity index is 1.95. The van der Waals surface area contributed by atoms with Gasteiger partial charge in [0.1, 0.15) is 0 Å². The molecule has 0 atom stereocenters. The molecular weight excluding hydrogens is 226 g/mol. The zero-order valence-corrected chi connectivity index (χ0v) is 9.89. The second kappa shape index (κ2) is 5.84. The van der Waals surface area contributed by atoms with Gasteiger partial charge in [-0.1, -0.05) is 30.3 Å². The highest BCUT2D eigenvalue weighted by Crippen LogP contribution is 2.08. The normalized spacial score (nSPS) is 9.83. The number of carbonyl (C=O) groups is 1. The molecule has 0 saturated heterocycles. The molecule has 18 heavy (non-hydrogen) atoms. The summed E-state index contributed by atoms with van der Waals surface area (Å²) < 4.78 is 0. The molecule has 0 aliphatic heterocycles. The number of nitrogens with one attached hydrogen (secondary N) is 2. The molecule has 0 aliphatic carbocycles. The second-order valence-corrected chi connectivity index (χ2v) is 3.89. The van der Waals surface area contributed by atoms with E-state index in [1.54, 1.807) is 24.3 Å². The number of anilines is 1. The summed E-state index contributed by atoms with van der Waals surface area (Å²) in [6.45, 7) is 0.524. The summed E-state index contributed by atoms with van der Waals surface area (Å²) in [4.78, 5) is 11.9. The Morgan fingerprint density at radius 3 is 2.28 bits per heavy atom. The minimum atomic E-state index is -0.0950. The largest absolute Gasteiger partial charge is 0.348 e. The maximum atomic E-state index is 11.9. The molecular formula is C14H15N3O. The van der Waals surface area contributed by atoms with Crippen LogP contribution in [0.5, 0.6) is 0 Å². The maximum Gasteiger partial charge on any atom is 0.251 e. The van der Waals surface area contributed by atoms with E-state index in [0.29, 0.717) is 12.1 Å². The van der Waals surface area contributed by atoms with Gasteiger partial charge >= 0.3 is 0 Å². The number of nitrogen functional groups attached to an aromatic ring is 1. The number of rotatable bonds is 4. The van der Waals surface area contributed by atoms with Gasteiger partial charge in [-0.2, -0.15) is 0 Å². The second-order valence-electron chi connectivity index (χ2n) is 3.89. The number of amides is 1. The van der Waals surface area contributed by atoms with Crippen LogP contribution in [0, 0.1) is 0 Å². The highest BCUT2D eigenvalue weighted by molar-refractivity contribution is 5.94. The Labute approximate surface area is 106 Å². The van der Waals surface area contributed by atoms with Crippen LogP contribution in [0.25, 0.3) is 0 Å². The topological polar surface area (TPSA) is 67.1 Å². The number of benzene rings is 2. The Bertz CT molecular complexity index is 508. The van der Waals surface area contributed by atoms with Crippen molar-refractivity contribution in [1.82, 2.24) is 5.32 Å². The van der Waals surface area contributed by atoms with Crippen LogP contribution in [0.1, 0.15) is 15.9 Å². The Hall–Kier alpha value is -2.33. The van der Waals surface area contributed by atoms with E-state index in [0.717, 1.165) is 11.3 Å². The van der Waals surface area contributed by atoms with Gasteiger partial charge in [-0.25, -0.2) is 0 Å². The van der Waals surface area contributed by atoms with Crippen molar-refractivity contribution < 1.29 is 4.79 Å². The lowest BCUT2D eigenvalue weighted by molar-refractivity contribution is 0.0951. The molecule has 0 bridgehead atoms. The van der Waals surface area contributed by atoms with Gasteiger partial charge in [-0.15, -0.1) is 0 Å². The molecule has 0 radical (unpaired) electrons. The molecule has 0 unspecified atom stereocenters. The number of nitrogens with two attached hydrogens (primary N) is 1. The lowest BCUT2D eigenvalue weighted by Gasteiger charge is -2.06. The molecule has 0 fully saturated rings. The zero-order valence-electron chi connectivity index (χ0n) is 9.89. The smallest absolute Gasteiger partial charge is 0.251 e. The van der Waals surface area contributed by atoms with E-state index < -0.39 is 0 Å². The number of carbonyl (C=O) groups excluding carboxylic acids is 1. The van der Waals surface area contributed by atoms with E-state index >= 15 is 0 Å². The highest BCUT2D eigenvalue weighted by Gasteiger charge is 2.04. The van der Waals surface area contributed by atoms with Gasteiger partial charge < -0.3 is 10.7 Å². The van der Waals surface area contributed by atoms with E-state index in [1.165, 1.54) is 0 Å². The fourth-order valence-electron chi connectivity index (χ4n) is 1.60. The maximum absolute atomic E-state index is 11.9. The molecule has 0 spiro atoms. The first-order valence-electron chi connectivity index (χ1n) is 5.68. The summed E-state index contributed by atoms with van der Waals surface area (Å²) in [6, 6.07) is 16.8. The number of hydrogen-bond acceptors (Lipinski definition) is 3. The lowest BCUT2D eigenvalue weighted by Crippen LogP contribution is -2.22. The van der Waals surface area contributed by atoms with Gasteiger partial charge in [0.05, 0.1) is 0 Å². The third-order valence-corrected chi connectivity index (χ3v) is 2.61. The lowest BCUT2D eigenvalue weighted by atomic mass is 10.2. The van der Waals surface area contributed by atoms with Gasteiger partial charge in [0.2, 0.25) is 0 Å². The van der Waals surface area contributed by atoms with Crippen molar-refractivity contribution in [1.29, 1.82) is 0 Å². The molecule has 4 nitrogen and oxygen atoms in total. The van der Waals surface area contributed by atoms with Crippen LogP contribution in [0.2, 0.25) is 0 Å². The van der Waals surface area contributed by atoms with Crippen LogP contribution in [0.4, 0.5) is 5.69 Å². The van der Waals surface area contributed by atoms with E-state index in [-0.39, 0.29) is 5.91 Å². The summed E-state index contributed by atoms with van der Waals surface area (Å²) in [5, 5.41) is 2.86. The third kappa shape index (κ3) is 3.09. The van der Waals surface area contributed by atoms with Crippen molar-refractivity contribution in [2.24, 2.45) is 5.84 Å². The average molecular weight is 241 g/mol. The average Bonchev–Trinajstić information content (AvgIpc) is 2.46. The first-order valence-corrected chi connectivity index (χ1v) is 5.68. The standard InChI is InChI=1S/C14H15N3O/c15-17-13-8-6-12(7-9-13)14(18)16-10-11-4-2-1-3-5-11/h1-9,17H,10,15H2,(H,16,18). The van der Waals surface area contributed by atoms with Gasteiger partial charge in [0, 0.05) is 17.8 Å². The Kier molecular flexibility index (Phi) is 3.94. The zero-order chi connectivity index (χ0) is 12.8. The van der Waals surface area contributed by atoms with Crippen molar-refractivity contribution in [2.75, 3.05) is 5.43 Å². The van der Waals surface area contributed by atoms with Crippen molar-refractivity contribution in [2.45, 2.75) is 6.54 Å². The Morgan fingerprint density at radius 1 is 1.00 bits per heavy atom. The first kappa shape index (κ1) is 12.1.